The predicted octanol–water partition coefficient (Wildman–Crippen LogP) is 0.432. The molecule has 0 spiro atoms. The Labute approximate surface area is 132 Å². The van der Waals surface area contributed by atoms with Gasteiger partial charge in [-0.25, -0.2) is 0 Å². The second kappa shape index (κ2) is 7.15. The van der Waals surface area contributed by atoms with E-state index in [0.29, 0.717) is 0 Å². The summed E-state index contributed by atoms with van der Waals surface area (Å²) in [5.41, 5.74) is 3.44. The Morgan fingerprint density at radius 1 is 1.30 bits per heavy atom. The van der Waals surface area contributed by atoms with Gasteiger partial charge in [-0.05, 0) is 12.1 Å². The second-order valence-electron chi connectivity index (χ2n) is 4.22. The Hall–Kier alpha value is -2.54. The highest BCUT2D eigenvalue weighted by Gasteiger charge is 2.22. The van der Waals surface area contributed by atoms with E-state index in [1.807, 2.05) is 0 Å². The summed E-state index contributed by atoms with van der Waals surface area (Å²) < 4.78 is 27.3. The van der Waals surface area contributed by atoms with Crippen molar-refractivity contribution < 1.29 is 28.5 Å². The second-order valence-corrected chi connectivity index (χ2v) is 5.72. The molecule has 0 bridgehead atoms. The van der Waals surface area contributed by atoms with Gasteiger partial charge in [-0.2, -0.15) is 0 Å². The monoisotopic (exact) mass is 347 g/mol. The molecule has 6 N–H and O–H groups in total. The molecule has 1 amide bonds. The number of rotatable bonds is 6. The van der Waals surface area contributed by atoms with Gasteiger partial charge in [0.15, 0.2) is 0 Å². The Balaban J connectivity index is 3.12. The number of likely N-dealkylation sites (N-methyl/N-ethyl adjacent to an activating group) is 1. The van der Waals surface area contributed by atoms with Crippen LogP contribution in [0.3, 0.4) is 0 Å². The molecule has 0 atom stereocenters. The van der Waals surface area contributed by atoms with Crippen LogP contribution in [0, 0.1) is 10.1 Å². The summed E-state index contributed by atoms with van der Waals surface area (Å²) in [5.74, 6) is -1.34. The SMILES string of the molecule is CNC(=O)C(NNc1ccc(S(O)(O)O)cc1[N+](=O)[O-])=C(C)[O-]. The third kappa shape index (κ3) is 4.72. The summed E-state index contributed by atoms with van der Waals surface area (Å²) in [6, 6.07) is 2.87. The van der Waals surface area contributed by atoms with Crippen LogP contribution in [-0.2, 0) is 4.79 Å². The fourth-order valence-corrected chi connectivity index (χ4v) is 2.02. The van der Waals surface area contributed by atoms with Crippen molar-refractivity contribution >= 4 is 28.2 Å². The Kier molecular flexibility index (Phi) is 5.75. The van der Waals surface area contributed by atoms with Gasteiger partial charge in [-0.15, -0.1) is 5.76 Å². The van der Waals surface area contributed by atoms with E-state index < -0.39 is 38.0 Å². The minimum absolute atomic E-state index is 0.162. The summed E-state index contributed by atoms with van der Waals surface area (Å²) in [6.07, 6.45) is 0. The number of nitrogens with one attached hydrogen (secondary N) is 3. The molecule has 0 aliphatic rings. The molecular formula is C11H15N4O7S-. The number of benzene rings is 1. The molecule has 1 rings (SSSR count). The molecule has 0 heterocycles. The zero-order valence-corrected chi connectivity index (χ0v) is 12.9. The first kappa shape index (κ1) is 18.5. The minimum atomic E-state index is -4.11. The fourth-order valence-electron chi connectivity index (χ4n) is 1.50. The number of carbonyl (C=O) groups excluding carboxylic acids is 1. The molecule has 1 aromatic carbocycles. The third-order valence-corrected chi connectivity index (χ3v) is 3.50. The van der Waals surface area contributed by atoms with Gasteiger partial charge < -0.3 is 24.1 Å². The Morgan fingerprint density at radius 3 is 2.35 bits per heavy atom. The molecule has 0 saturated heterocycles. The zero-order valence-electron chi connectivity index (χ0n) is 12.1. The van der Waals surface area contributed by atoms with E-state index in [9.17, 15) is 20.0 Å². The average Bonchev–Trinajstić information content (AvgIpc) is 2.45. The van der Waals surface area contributed by atoms with E-state index in [0.717, 1.165) is 25.1 Å². The van der Waals surface area contributed by atoms with Crippen LogP contribution < -0.4 is 21.3 Å². The lowest BCUT2D eigenvalue weighted by Gasteiger charge is -2.20. The normalized spacial score (nSPS) is 12.9. The summed E-state index contributed by atoms with van der Waals surface area (Å²) in [5, 5.41) is 24.6. The van der Waals surface area contributed by atoms with Gasteiger partial charge in [-0.3, -0.25) is 25.8 Å². The number of hydrazine groups is 1. The van der Waals surface area contributed by atoms with Crippen molar-refractivity contribution in [1.82, 2.24) is 10.7 Å². The molecule has 128 valence electrons. The van der Waals surface area contributed by atoms with Gasteiger partial charge >= 0.3 is 0 Å². The van der Waals surface area contributed by atoms with Crippen molar-refractivity contribution in [3.05, 3.63) is 39.8 Å². The number of allylic oxidation sites excluding steroid dienone is 1. The Bertz CT molecular complexity index is 652. The van der Waals surface area contributed by atoms with Crippen molar-refractivity contribution in [3.8, 4) is 0 Å². The first-order chi connectivity index (χ1) is 10.6. The number of nitro benzene ring substituents is 1. The zero-order chi connectivity index (χ0) is 17.8. The van der Waals surface area contributed by atoms with Gasteiger partial charge in [0, 0.05) is 13.1 Å². The van der Waals surface area contributed by atoms with E-state index in [2.05, 4.69) is 16.2 Å². The van der Waals surface area contributed by atoms with Crippen LogP contribution in [0.2, 0.25) is 0 Å². The molecule has 0 unspecified atom stereocenters. The third-order valence-electron chi connectivity index (χ3n) is 2.61. The first-order valence-electron chi connectivity index (χ1n) is 5.99. The predicted molar refractivity (Wildman–Crippen MR) is 80.4 cm³/mol. The Morgan fingerprint density at radius 2 is 1.91 bits per heavy atom. The minimum Gasteiger partial charge on any atom is -0.874 e. The van der Waals surface area contributed by atoms with Crippen LogP contribution >= 0.6 is 10.9 Å². The average molecular weight is 347 g/mol. The lowest BCUT2D eigenvalue weighted by molar-refractivity contribution is -0.384. The number of hydrogen-bond donors (Lipinski definition) is 6. The van der Waals surface area contributed by atoms with Crippen LogP contribution in [0.25, 0.3) is 0 Å². The number of amides is 1. The molecule has 0 radical (unpaired) electrons. The van der Waals surface area contributed by atoms with Crippen molar-refractivity contribution in [2.45, 2.75) is 11.8 Å². The summed E-state index contributed by atoms with van der Waals surface area (Å²) in [6.45, 7) is 1.12. The smallest absolute Gasteiger partial charge is 0.295 e. The van der Waals surface area contributed by atoms with Crippen LogP contribution in [0.1, 0.15) is 6.92 Å². The fraction of sp³-hybridized carbons (Fsp3) is 0.182. The molecule has 0 fully saturated rings. The van der Waals surface area contributed by atoms with Crippen molar-refractivity contribution in [3.63, 3.8) is 0 Å². The number of anilines is 1. The molecule has 12 heteroatoms. The van der Waals surface area contributed by atoms with Crippen LogP contribution in [0.15, 0.2) is 34.6 Å². The molecule has 0 aromatic heterocycles. The highest BCUT2D eigenvalue weighted by atomic mass is 32.3. The number of carbonyl (C=O) groups is 1. The van der Waals surface area contributed by atoms with Crippen molar-refractivity contribution in [2.24, 2.45) is 0 Å². The number of hydrogen-bond acceptors (Lipinski definition) is 9. The van der Waals surface area contributed by atoms with E-state index in [-0.39, 0.29) is 11.4 Å². The first-order valence-corrected chi connectivity index (χ1v) is 7.49. The molecule has 0 aliphatic carbocycles. The van der Waals surface area contributed by atoms with E-state index in [4.69, 9.17) is 13.7 Å². The maximum atomic E-state index is 11.5. The van der Waals surface area contributed by atoms with Crippen LogP contribution in [0.4, 0.5) is 11.4 Å². The quantitative estimate of drug-likeness (QED) is 0.184. The lowest BCUT2D eigenvalue weighted by atomic mass is 10.3. The highest BCUT2D eigenvalue weighted by molar-refractivity contribution is 8.19. The van der Waals surface area contributed by atoms with E-state index >= 15 is 0 Å². The summed E-state index contributed by atoms with van der Waals surface area (Å²) in [7, 11) is -2.81. The van der Waals surface area contributed by atoms with E-state index in [1.165, 1.54) is 7.05 Å². The molecular weight excluding hydrogens is 332 g/mol. The summed E-state index contributed by atoms with van der Waals surface area (Å²) in [4.78, 5) is 21.2. The standard InChI is InChI=1S/C11H16N4O7S/c1-6(16)10(11(17)12-2)14-13-8-4-3-7(23(20,21)22)5-9(8)15(18)19/h3-5,13-14,16,20-22H,1-2H3,(H,12,17)/p-1. The topological polar surface area (TPSA) is 180 Å². The van der Waals surface area contributed by atoms with Crippen LogP contribution in [0.5, 0.6) is 0 Å². The van der Waals surface area contributed by atoms with Gasteiger partial charge in [0.05, 0.1) is 9.82 Å². The molecule has 0 aliphatic heterocycles. The molecule has 23 heavy (non-hydrogen) atoms. The van der Waals surface area contributed by atoms with Crippen molar-refractivity contribution in [2.75, 3.05) is 12.5 Å². The molecule has 1 aromatic rings. The maximum Gasteiger partial charge on any atom is 0.295 e. The van der Waals surface area contributed by atoms with Gasteiger partial charge in [0.2, 0.25) is 0 Å². The van der Waals surface area contributed by atoms with Gasteiger partial charge in [0.1, 0.15) is 22.3 Å². The lowest BCUT2D eigenvalue weighted by Crippen LogP contribution is -2.35. The van der Waals surface area contributed by atoms with Crippen molar-refractivity contribution in [1.29, 1.82) is 0 Å². The van der Waals surface area contributed by atoms with E-state index in [1.54, 1.807) is 0 Å². The number of nitro groups is 1. The summed E-state index contributed by atoms with van der Waals surface area (Å²) >= 11 is 0. The molecule has 0 saturated carbocycles. The highest BCUT2D eigenvalue weighted by Crippen LogP contribution is 2.45. The largest absolute Gasteiger partial charge is 0.874 e. The maximum absolute atomic E-state index is 11.5. The van der Waals surface area contributed by atoms with Gasteiger partial charge in [-0.1, -0.05) is 6.92 Å². The molecule has 11 nitrogen and oxygen atoms in total. The number of nitrogens with zero attached hydrogens (tertiary/aromatic N) is 1. The van der Waals surface area contributed by atoms with Gasteiger partial charge in [0.25, 0.3) is 11.6 Å². The van der Waals surface area contributed by atoms with Crippen LogP contribution in [-0.4, -0.2) is 31.5 Å².